The van der Waals surface area contributed by atoms with Crippen molar-refractivity contribution in [1.82, 2.24) is 0 Å². The van der Waals surface area contributed by atoms with Crippen molar-refractivity contribution in [2.24, 2.45) is 4.99 Å². The number of rotatable bonds is 4. The second kappa shape index (κ2) is 7.33. The van der Waals surface area contributed by atoms with Gasteiger partial charge >= 0.3 is 0 Å². The van der Waals surface area contributed by atoms with Crippen LogP contribution in [-0.4, -0.2) is 17.3 Å². The molecule has 0 bridgehead atoms. The number of amides is 1. The number of carbonyl (C=O) groups is 1. The summed E-state index contributed by atoms with van der Waals surface area (Å²) in [5.41, 5.74) is 2.26. The van der Waals surface area contributed by atoms with E-state index >= 15 is 0 Å². The lowest BCUT2D eigenvalue weighted by molar-refractivity contribution is 0.100. The summed E-state index contributed by atoms with van der Waals surface area (Å²) in [4.78, 5) is 16.4. The van der Waals surface area contributed by atoms with Crippen molar-refractivity contribution in [1.29, 1.82) is 5.41 Å². The Morgan fingerprint density at radius 1 is 0.958 bits per heavy atom. The zero-order valence-corrected chi connectivity index (χ0v) is 13.0. The molecule has 0 aliphatic heterocycles. The largest absolute Gasteiger partial charge is 0.487 e. The number of benzene rings is 2. The van der Waals surface area contributed by atoms with E-state index < -0.39 is 0 Å². The first kappa shape index (κ1) is 15.6. The van der Waals surface area contributed by atoms with Crippen molar-refractivity contribution in [2.75, 3.05) is 0 Å². The SMILES string of the molecule is N=C1C=CC(=NC(=O)c2ccccc2)C(OCc2ccccc2)=C1. The number of hydrogen-bond donors (Lipinski definition) is 1. The smallest absolute Gasteiger partial charge is 0.277 e. The van der Waals surface area contributed by atoms with E-state index in [9.17, 15) is 4.79 Å². The number of allylic oxidation sites excluding steroid dienone is 3. The lowest BCUT2D eigenvalue weighted by Gasteiger charge is -2.13. The summed E-state index contributed by atoms with van der Waals surface area (Å²) in [6.45, 7) is 0.354. The van der Waals surface area contributed by atoms with Gasteiger partial charge in [0, 0.05) is 11.6 Å². The van der Waals surface area contributed by atoms with Gasteiger partial charge in [0.15, 0.2) is 0 Å². The van der Waals surface area contributed by atoms with Crippen molar-refractivity contribution < 1.29 is 9.53 Å². The van der Waals surface area contributed by atoms with Crippen LogP contribution in [0.3, 0.4) is 0 Å². The minimum absolute atomic E-state index is 0.309. The highest BCUT2D eigenvalue weighted by Gasteiger charge is 2.14. The summed E-state index contributed by atoms with van der Waals surface area (Å²) in [5, 5.41) is 7.76. The quantitative estimate of drug-likeness (QED) is 0.868. The molecule has 0 radical (unpaired) electrons. The molecular formula is C20H16N2O2. The molecule has 1 N–H and O–H groups in total. The molecule has 0 saturated carbocycles. The number of aliphatic imine (C=N–C) groups is 1. The van der Waals surface area contributed by atoms with Crippen LogP contribution >= 0.6 is 0 Å². The zero-order valence-electron chi connectivity index (χ0n) is 13.0. The molecule has 2 aromatic carbocycles. The van der Waals surface area contributed by atoms with Crippen LogP contribution in [0.1, 0.15) is 15.9 Å². The summed E-state index contributed by atoms with van der Waals surface area (Å²) in [5.74, 6) is 0.0912. The molecule has 0 atom stereocenters. The van der Waals surface area contributed by atoms with E-state index in [4.69, 9.17) is 10.1 Å². The highest BCUT2D eigenvalue weighted by molar-refractivity contribution is 6.22. The maximum Gasteiger partial charge on any atom is 0.277 e. The van der Waals surface area contributed by atoms with Crippen LogP contribution in [0.4, 0.5) is 0 Å². The predicted molar refractivity (Wildman–Crippen MR) is 94.4 cm³/mol. The lowest BCUT2D eigenvalue weighted by atomic mass is 10.1. The number of ether oxygens (including phenoxy) is 1. The fraction of sp³-hybridized carbons (Fsp3) is 0.0500. The maximum absolute atomic E-state index is 12.3. The molecule has 0 aromatic heterocycles. The number of hydrogen-bond acceptors (Lipinski definition) is 3. The fourth-order valence-electron chi connectivity index (χ4n) is 2.21. The summed E-state index contributed by atoms with van der Waals surface area (Å²) >= 11 is 0. The van der Waals surface area contributed by atoms with Crippen molar-refractivity contribution in [3.05, 3.63) is 95.8 Å². The summed E-state index contributed by atoms with van der Waals surface area (Å²) in [7, 11) is 0. The van der Waals surface area contributed by atoms with E-state index in [1.807, 2.05) is 36.4 Å². The normalized spacial score (nSPS) is 15.2. The van der Waals surface area contributed by atoms with Crippen LogP contribution in [-0.2, 0) is 11.3 Å². The molecule has 0 unspecified atom stereocenters. The molecule has 1 aliphatic carbocycles. The monoisotopic (exact) mass is 316 g/mol. The topological polar surface area (TPSA) is 62.5 Å². The minimum Gasteiger partial charge on any atom is -0.487 e. The number of nitrogens with zero attached hydrogens (tertiary/aromatic N) is 1. The summed E-state index contributed by atoms with van der Waals surface area (Å²) < 4.78 is 5.77. The van der Waals surface area contributed by atoms with Crippen LogP contribution in [0.15, 0.2) is 89.6 Å². The Bertz CT molecular complexity index is 834. The average Bonchev–Trinajstić information content (AvgIpc) is 2.63. The van der Waals surface area contributed by atoms with Gasteiger partial charge in [0.2, 0.25) is 0 Å². The third-order valence-corrected chi connectivity index (χ3v) is 3.44. The molecule has 1 amide bonds. The second-order valence-corrected chi connectivity index (χ2v) is 5.24. The Labute approximate surface area is 140 Å². The Hall–Kier alpha value is -3.27. The molecule has 3 rings (SSSR count). The van der Waals surface area contributed by atoms with Gasteiger partial charge in [-0.2, -0.15) is 0 Å². The van der Waals surface area contributed by atoms with Crippen LogP contribution < -0.4 is 0 Å². The Balaban J connectivity index is 1.79. The molecule has 0 spiro atoms. The molecule has 0 saturated heterocycles. The van der Waals surface area contributed by atoms with Crippen LogP contribution in [0.25, 0.3) is 0 Å². The second-order valence-electron chi connectivity index (χ2n) is 5.24. The van der Waals surface area contributed by atoms with Gasteiger partial charge in [-0.15, -0.1) is 0 Å². The summed E-state index contributed by atoms with van der Waals surface area (Å²) in [6.07, 6.45) is 4.79. The first-order valence-electron chi connectivity index (χ1n) is 7.56. The maximum atomic E-state index is 12.3. The highest BCUT2D eigenvalue weighted by atomic mass is 16.5. The molecule has 4 heteroatoms. The first-order valence-corrected chi connectivity index (χ1v) is 7.56. The standard InChI is InChI=1S/C20H16N2O2/c21-17-11-12-18(22-20(23)16-9-5-2-6-10-16)19(13-17)24-14-15-7-3-1-4-8-15/h1-13,21H,14H2. The van der Waals surface area contributed by atoms with Gasteiger partial charge < -0.3 is 10.1 Å². The van der Waals surface area contributed by atoms with E-state index in [0.29, 0.717) is 29.4 Å². The highest BCUT2D eigenvalue weighted by Crippen LogP contribution is 2.14. The molecule has 4 nitrogen and oxygen atoms in total. The molecule has 2 aromatic rings. The zero-order chi connectivity index (χ0) is 16.8. The molecular weight excluding hydrogens is 300 g/mol. The van der Waals surface area contributed by atoms with Crippen LogP contribution in [0, 0.1) is 5.41 Å². The average molecular weight is 316 g/mol. The van der Waals surface area contributed by atoms with Crippen molar-refractivity contribution in [3.63, 3.8) is 0 Å². The van der Waals surface area contributed by atoms with Crippen molar-refractivity contribution >= 4 is 17.3 Å². The van der Waals surface area contributed by atoms with Gasteiger partial charge in [-0.3, -0.25) is 4.79 Å². The Morgan fingerprint density at radius 2 is 1.62 bits per heavy atom. The van der Waals surface area contributed by atoms with Gasteiger partial charge in [-0.1, -0.05) is 48.5 Å². The summed E-state index contributed by atoms with van der Waals surface area (Å²) in [6, 6.07) is 18.6. The van der Waals surface area contributed by atoms with E-state index in [-0.39, 0.29) is 5.91 Å². The molecule has 24 heavy (non-hydrogen) atoms. The predicted octanol–water partition coefficient (Wildman–Crippen LogP) is 3.96. The molecule has 0 fully saturated rings. The van der Waals surface area contributed by atoms with E-state index in [0.717, 1.165) is 5.56 Å². The van der Waals surface area contributed by atoms with Gasteiger partial charge in [-0.25, -0.2) is 4.99 Å². The van der Waals surface area contributed by atoms with Gasteiger partial charge in [0.1, 0.15) is 18.1 Å². The molecule has 118 valence electrons. The third-order valence-electron chi connectivity index (χ3n) is 3.44. The van der Waals surface area contributed by atoms with Gasteiger partial charge in [0.05, 0.1) is 5.71 Å². The van der Waals surface area contributed by atoms with Crippen LogP contribution in [0.5, 0.6) is 0 Å². The Morgan fingerprint density at radius 3 is 2.33 bits per heavy atom. The number of nitrogens with one attached hydrogen (secondary N) is 1. The third kappa shape index (κ3) is 3.93. The molecule has 1 aliphatic rings. The van der Waals surface area contributed by atoms with E-state index in [1.54, 1.807) is 42.5 Å². The minimum atomic E-state index is -0.335. The van der Waals surface area contributed by atoms with Crippen LogP contribution in [0.2, 0.25) is 0 Å². The lowest BCUT2D eigenvalue weighted by Crippen LogP contribution is -2.13. The number of carbonyl (C=O) groups excluding carboxylic acids is 1. The van der Waals surface area contributed by atoms with Gasteiger partial charge in [-0.05, 0) is 29.8 Å². The van der Waals surface area contributed by atoms with Crippen molar-refractivity contribution in [3.8, 4) is 0 Å². The first-order chi connectivity index (χ1) is 11.7. The van der Waals surface area contributed by atoms with Gasteiger partial charge in [0.25, 0.3) is 5.91 Å². The fourth-order valence-corrected chi connectivity index (χ4v) is 2.21. The molecule has 0 heterocycles. The van der Waals surface area contributed by atoms with E-state index in [2.05, 4.69) is 4.99 Å². The van der Waals surface area contributed by atoms with Crippen molar-refractivity contribution in [2.45, 2.75) is 6.61 Å². The Kier molecular flexibility index (Phi) is 4.77. The van der Waals surface area contributed by atoms with E-state index in [1.165, 1.54) is 0 Å².